The monoisotopic (exact) mass is 353 g/mol. The minimum Gasteiger partial charge on any atom is -0.491 e. The van der Waals surface area contributed by atoms with Gasteiger partial charge >= 0.3 is 0 Å². The highest BCUT2D eigenvalue weighted by molar-refractivity contribution is 6.03. The van der Waals surface area contributed by atoms with Crippen LogP contribution in [-0.2, 0) is 9.59 Å². The summed E-state index contributed by atoms with van der Waals surface area (Å²) in [6, 6.07) is 14.7. The van der Waals surface area contributed by atoms with Gasteiger partial charge in [-0.25, -0.2) is 5.43 Å². The van der Waals surface area contributed by atoms with Crippen LogP contribution in [-0.4, -0.2) is 24.1 Å². The number of nitrogens with zero attached hydrogens (tertiary/aromatic N) is 1. The maximum absolute atomic E-state index is 11.8. The molecule has 136 valence electrons. The van der Waals surface area contributed by atoms with Crippen LogP contribution in [0.5, 0.6) is 5.75 Å². The Morgan fingerprint density at radius 2 is 1.85 bits per heavy atom. The molecule has 0 spiro atoms. The van der Waals surface area contributed by atoms with Gasteiger partial charge in [-0.2, -0.15) is 5.10 Å². The van der Waals surface area contributed by atoms with Gasteiger partial charge in [0.05, 0.1) is 12.3 Å². The molecule has 2 rings (SSSR count). The second kappa shape index (κ2) is 9.36. The highest BCUT2D eigenvalue weighted by atomic mass is 16.5. The fourth-order valence-corrected chi connectivity index (χ4v) is 2.15. The van der Waals surface area contributed by atoms with Gasteiger partial charge in [-0.15, -0.1) is 0 Å². The van der Waals surface area contributed by atoms with Gasteiger partial charge in [0.25, 0.3) is 0 Å². The molecule has 2 aromatic rings. The molecule has 0 aliphatic rings. The van der Waals surface area contributed by atoms with E-state index >= 15 is 0 Å². The fourth-order valence-electron chi connectivity index (χ4n) is 2.15. The molecule has 0 bridgehead atoms. The quantitative estimate of drug-likeness (QED) is 0.455. The van der Waals surface area contributed by atoms with Gasteiger partial charge < -0.3 is 10.1 Å². The summed E-state index contributed by atoms with van der Waals surface area (Å²) in [6.45, 7) is 5.85. The molecular weight excluding hydrogens is 330 g/mol. The molecule has 0 fully saturated rings. The molecule has 0 saturated heterocycles. The van der Waals surface area contributed by atoms with Crippen molar-refractivity contribution in [3.63, 3.8) is 0 Å². The number of hydrogen-bond acceptors (Lipinski definition) is 4. The SMILES string of the molecule is Cc1ccc(NC(=O)CC(=O)NN=Cc2cccc(OC(C)C)c2)cc1. The zero-order chi connectivity index (χ0) is 18.9. The first-order chi connectivity index (χ1) is 12.4. The van der Waals surface area contributed by atoms with Gasteiger partial charge in [0.1, 0.15) is 12.2 Å². The summed E-state index contributed by atoms with van der Waals surface area (Å²) in [6.07, 6.45) is 1.28. The van der Waals surface area contributed by atoms with E-state index in [1.54, 1.807) is 12.1 Å². The van der Waals surface area contributed by atoms with E-state index in [1.807, 2.05) is 57.2 Å². The minimum absolute atomic E-state index is 0.0777. The second-order valence-corrected chi connectivity index (χ2v) is 6.12. The van der Waals surface area contributed by atoms with Crippen LogP contribution in [0, 0.1) is 6.92 Å². The molecule has 0 aromatic heterocycles. The summed E-state index contributed by atoms with van der Waals surface area (Å²) in [5.41, 5.74) is 4.88. The lowest BCUT2D eigenvalue weighted by molar-refractivity contribution is -0.126. The Hall–Kier alpha value is -3.15. The zero-order valence-electron chi connectivity index (χ0n) is 15.2. The Morgan fingerprint density at radius 3 is 2.54 bits per heavy atom. The molecule has 0 radical (unpaired) electrons. The molecule has 6 heteroatoms. The molecule has 0 unspecified atom stereocenters. The summed E-state index contributed by atoms with van der Waals surface area (Å²) in [5.74, 6) is -0.151. The number of rotatable bonds is 7. The van der Waals surface area contributed by atoms with Crippen LogP contribution in [0.25, 0.3) is 0 Å². The second-order valence-electron chi connectivity index (χ2n) is 6.12. The maximum atomic E-state index is 11.8. The van der Waals surface area contributed by atoms with Crippen molar-refractivity contribution in [3.05, 3.63) is 59.7 Å². The number of amides is 2. The molecule has 26 heavy (non-hydrogen) atoms. The molecule has 0 aliphatic carbocycles. The van der Waals surface area contributed by atoms with E-state index in [-0.39, 0.29) is 12.5 Å². The third-order valence-electron chi connectivity index (χ3n) is 3.29. The summed E-state index contributed by atoms with van der Waals surface area (Å²) in [7, 11) is 0. The summed E-state index contributed by atoms with van der Waals surface area (Å²) in [4.78, 5) is 23.6. The predicted octanol–water partition coefficient (Wildman–Crippen LogP) is 3.26. The van der Waals surface area contributed by atoms with E-state index in [1.165, 1.54) is 6.21 Å². The number of benzene rings is 2. The molecule has 6 nitrogen and oxygen atoms in total. The molecule has 0 saturated carbocycles. The van der Waals surface area contributed by atoms with E-state index in [4.69, 9.17) is 4.74 Å². The molecule has 0 atom stereocenters. The lowest BCUT2D eigenvalue weighted by Gasteiger charge is -2.09. The van der Waals surface area contributed by atoms with E-state index in [2.05, 4.69) is 15.8 Å². The maximum Gasteiger partial charge on any atom is 0.249 e. The van der Waals surface area contributed by atoms with Crippen LogP contribution >= 0.6 is 0 Å². The minimum atomic E-state index is -0.486. The van der Waals surface area contributed by atoms with Gasteiger partial charge in [-0.05, 0) is 50.6 Å². The number of hydrazone groups is 1. The van der Waals surface area contributed by atoms with E-state index < -0.39 is 11.8 Å². The molecule has 2 aromatic carbocycles. The summed E-state index contributed by atoms with van der Waals surface area (Å²) in [5, 5.41) is 6.54. The summed E-state index contributed by atoms with van der Waals surface area (Å²) < 4.78 is 5.60. The fraction of sp³-hybridized carbons (Fsp3) is 0.250. The molecule has 0 aliphatic heterocycles. The first kappa shape index (κ1) is 19.2. The Balaban J connectivity index is 1.81. The normalized spacial score (nSPS) is 10.8. The third-order valence-corrected chi connectivity index (χ3v) is 3.29. The van der Waals surface area contributed by atoms with Crippen LogP contribution in [0.2, 0.25) is 0 Å². The number of nitrogens with one attached hydrogen (secondary N) is 2. The lowest BCUT2D eigenvalue weighted by Crippen LogP contribution is -2.24. The summed E-state index contributed by atoms with van der Waals surface area (Å²) >= 11 is 0. The number of carbonyl (C=O) groups is 2. The van der Waals surface area contributed by atoms with Crippen molar-refractivity contribution >= 4 is 23.7 Å². The van der Waals surface area contributed by atoms with Crippen molar-refractivity contribution in [1.82, 2.24) is 5.43 Å². The van der Waals surface area contributed by atoms with Gasteiger partial charge in [0, 0.05) is 5.69 Å². The molecule has 0 heterocycles. The Bertz CT molecular complexity index is 783. The predicted molar refractivity (Wildman–Crippen MR) is 102 cm³/mol. The van der Waals surface area contributed by atoms with Crippen molar-refractivity contribution in [2.45, 2.75) is 33.3 Å². The van der Waals surface area contributed by atoms with Crippen LogP contribution in [0.3, 0.4) is 0 Å². The molecule has 2 N–H and O–H groups in total. The number of hydrogen-bond donors (Lipinski definition) is 2. The largest absolute Gasteiger partial charge is 0.491 e. The average molecular weight is 353 g/mol. The molecule has 2 amide bonds. The number of carbonyl (C=O) groups excluding carboxylic acids is 2. The topological polar surface area (TPSA) is 79.8 Å². The number of ether oxygens (including phenoxy) is 1. The van der Waals surface area contributed by atoms with Crippen LogP contribution in [0.15, 0.2) is 53.6 Å². The van der Waals surface area contributed by atoms with E-state index in [0.717, 1.165) is 16.9 Å². The first-order valence-electron chi connectivity index (χ1n) is 8.37. The number of aryl methyl sites for hydroxylation is 1. The van der Waals surface area contributed by atoms with Crippen LogP contribution in [0.1, 0.15) is 31.4 Å². The van der Waals surface area contributed by atoms with Crippen molar-refractivity contribution < 1.29 is 14.3 Å². The third kappa shape index (κ3) is 6.76. The zero-order valence-corrected chi connectivity index (χ0v) is 15.2. The van der Waals surface area contributed by atoms with Gasteiger partial charge in [0.2, 0.25) is 11.8 Å². The Kier molecular flexibility index (Phi) is 6.91. The van der Waals surface area contributed by atoms with E-state index in [0.29, 0.717) is 5.69 Å². The van der Waals surface area contributed by atoms with Crippen molar-refractivity contribution in [1.29, 1.82) is 0 Å². The standard InChI is InChI=1S/C20H23N3O3/c1-14(2)26-18-6-4-5-16(11-18)13-21-23-20(25)12-19(24)22-17-9-7-15(3)8-10-17/h4-11,13-14H,12H2,1-3H3,(H,22,24)(H,23,25). The van der Waals surface area contributed by atoms with Gasteiger partial charge in [-0.3, -0.25) is 9.59 Å². The number of anilines is 1. The van der Waals surface area contributed by atoms with Crippen LogP contribution < -0.4 is 15.5 Å². The average Bonchev–Trinajstić information content (AvgIpc) is 2.56. The van der Waals surface area contributed by atoms with Crippen molar-refractivity contribution in [2.75, 3.05) is 5.32 Å². The van der Waals surface area contributed by atoms with Crippen LogP contribution in [0.4, 0.5) is 5.69 Å². The Morgan fingerprint density at radius 1 is 1.12 bits per heavy atom. The van der Waals surface area contributed by atoms with Gasteiger partial charge in [0.15, 0.2) is 0 Å². The Labute approximate surface area is 153 Å². The smallest absolute Gasteiger partial charge is 0.249 e. The first-order valence-corrected chi connectivity index (χ1v) is 8.37. The molecular formula is C20H23N3O3. The van der Waals surface area contributed by atoms with Crippen molar-refractivity contribution in [3.8, 4) is 5.75 Å². The van der Waals surface area contributed by atoms with Gasteiger partial charge in [-0.1, -0.05) is 29.8 Å². The van der Waals surface area contributed by atoms with Crippen molar-refractivity contribution in [2.24, 2.45) is 5.10 Å². The van der Waals surface area contributed by atoms with E-state index in [9.17, 15) is 9.59 Å². The highest BCUT2D eigenvalue weighted by Gasteiger charge is 2.08. The lowest BCUT2D eigenvalue weighted by atomic mass is 10.2. The highest BCUT2D eigenvalue weighted by Crippen LogP contribution is 2.13.